The quantitative estimate of drug-likeness (QED) is 0.929. The van der Waals surface area contributed by atoms with E-state index in [1.165, 1.54) is 0 Å². The summed E-state index contributed by atoms with van der Waals surface area (Å²) in [5, 5.41) is 3.39. The number of carbonyl (C=O) groups is 2. The minimum absolute atomic E-state index is 0.0766. The van der Waals surface area contributed by atoms with Gasteiger partial charge in [-0.25, -0.2) is 4.98 Å². The Bertz CT molecular complexity index is 807. The molecule has 1 saturated heterocycles. The van der Waals surface area contributed by atoms with Gasteiger partial charge >= 0.3 is 0 Å². The lowest BCUT2D eigenvalue weighted by Gasteiger charge is -2.17. The smallest absolute Gasteiger partial charge is 0.230 e. The van der Waals surface area contributed by atoms with Gasteiger partial charge in [0, 0.05) is 29.9 Å². The first-order valence-electron chi connectivity index (χ1n) is 7.74. The molecule has 124 valence electrons. The van der Waals surface area contributed by atoms with Crippen LogP contribution in [0, 0.1) is 19.8 Å². The number of rotatable bonds is 3. The van der Waals surface area contributed by atoms with E-state index in [0.717, 1.165) is 16.8 Å². The molecule has 1 aliphatic rings. The SMILES string of the molecule is Cc1ccnc(NC(=O)C2CC(=O)N(c3ccc(C)c(Cl)c3)C2)c1. The van der Waals surface area contributed by atoms with E-state index < -0.39 is 5.92 Å². The fourth-order valence-corrected chi connectivity index (χ4v) is 2.89. The van der Waals surface area contributed by atoms with Gasteiger partial charge in [-0.15, -0.1) is 0 Å². The molecule has 1 aliphatic heterocycles. The van der Waals surface area contributed by atoms with E-state index in [0.29, 0.717) is 17.4 Å². The lowest BCUT2D eigenvalue weighted by atomic mass is 10.1. The van der Waals surface area contributed by atoms with Crippen LogP contribution in [0.5, 0.6) is 0 Å². The molecule has 0 saturated carbocycles. The van der Waals surface area contributed by atoms with Crippen LogP contribution in [0.25, 0.3) is 0 Å². The maximum absolute atomic E-state index is 12.4. The highest BCUT2D eigenvalue weighted by molar-refractivity contribution is 6.31. The van der Waals surface area contributed by atoms with Gasteiger partial charge in [0.1, 0.15) is 5.82 Å². The second-order valence-corrected chi connectivity index (χ2v) is 6.45. The summed E-state index contributed by atoms with van der Waals surface area (Å²) in [7, 11) is 0. The first-order valence-corrected chi connectivity index (χ1v) is 8.12. The highest BCUT2D eigenvalue weighted by atomic mass is 35.5. The minimum atomic E-state index is -0.403. The number of hydrogen-bond donors (Lipinski definition) is 1. The maximum atomic E-state index is 12.4. The number of aryl methyl sites for hydroxylation is 2. The molecule has 1 atom stereocenters. The van der Waals surface area contributed by atoms with Crippen molar-refractivity contribution in [3.8, 4) is 0 Å². The van der Waals surface area contributed by atoms with E-state index in [2.05, 4.69) is 10.3 Å². The molecule has 6 heteroatoms. The van der Waals surface area contributed by atoms with Gasteiger partial charge in [-0.1, -0.05) is 17.7 Å². The Morgan fingerprint density at radius 1 is 1.29 bits per heavy atom. The largest absolute Gasteiger partial charge is 0.312 e. The second-order valence-electron chi connectivity index (χ2n) is 6.05. The molecule has 1 fully saturated rings. The third kappa shape index (κ3) is 3.41. The van der Waals surface area contributed by atoms with Crippen molar-refractivity contribution in [3.05, 3.63) is 52.7 Å². The van der Waals surface area contributed by atoms with Crippen LogP contribution in [0.2, 0.25) is 5.02 Å². The number of benzene rings is 1. The van der Waals surface area contributed by atoms with E-state index in [1.807, 2.05) is 32.0 Å². The fourth-order valence-electron chi connectivity index (χ4n) is 2.72. The minimum Gasteiger partial charge on any atom is -0.312 e. The molecular formula is C18H18ClN3O2. The molecule has 2 amide bonds. The Labute approximate surface area is 145 Å². The molecule has 2 aromatic rings. The second kappa shape index (κ2) is 6.61. The monoisotopic (exact) mass is 343 g/mol. The molecule has 0 bridgehead atoms. The predicted molar refractivity (Wildman–Crippen MR) is 94.3 cm³/mol. The molecule has 3 rings (SSSR count). The molecule has 1 N–H and O–H groups in total. The first-order chi connectivity index (χ1) is 11.4. The van der Waals surface area contributed by atoms with Gasteiger partial charge in [0.15, 0.2) is 0 Å². The number of halogens is 1. The summed E-state index contributed by atoms with van der Waals surface area (Å²) in [6.07, 6.45) is 1.83. The molecule has 1 aromatic carbocycles. The molecule has 0 spiro atoms. The Kier molecular flexibility index (Phi) is 4.53. The number of amides is 2. The van der Waals surface area contributed by atoms with Crippen molar-refractivity contribution < 1.29 is 9.59 Å². The van der Waals surface area contributed by atoms with Crippen LogP contribution >= 0.6 is 11.6 Å². The van der Waals surface area contributed by atoms with Gasteiger partial charge in [0.25, 0.3) is 0 Å². The summed E-state index contributed by atoms with van der Waals surface area (Å²) in [6.45, 7) is 4.18. The summed E-state index contributed by atoms with van der Waals surface area (Å²) < 4.78 is 0. The molecule has 0 radical (unpaired) electrons. The fraction of sp³-hybridized carbons (Fsp3) is 0.278. The Morgan fingerprint density at radius 3 is 2.79 bits per heavy atom. The van der Waals surface area contributed by atoms with Crippen molar-refractivity contribution in [1.82, 2.24) is 4.98 Å². The van der Waals surface area contributed by atoms with E-state index in [4.69, 9.17) is 11.6 Å². The molecular weight excluding hydrogens is 326 g/mol. The van der Waals surface area contributed by atoms with Gasteiger partial charge in [-0.05, 0) is 49.2 Å². The standard InChI is InChI=1S/C18H18ClN3O2/c1-11-5-6-20-16(7-11)21-18(24)13-8-17(23)22(10-13)14-4-3-12(2)15(19)9-14/h3-7,9,13H,8,10H2,1-2H3,(H,20,21,24). The predicted octanol–water partition coefficient (Wildman–Crippen LogP) is 3.34. The van der Waals surface area contributed by atoms with Crippen LogP contribution < -0.4 is 10.2 Å². The van der Waals surface area contributed by atoms with E-state index in [-0.39, 0.29) is 18.2 Å². The van der Waals surface area contributed by atoms with Gasteiger partial charge in [0.2, 0.25) is 11.8 Å². The third-order valence-electron chi connectivity index (χ3n) is 4.13. The van der Waals surface area contributed by atoms with Crippen LogP contribution in [0.15, 0.2) is 36.5 Å². The van der Waals surface area contributed by atoms with Gasteiger partial charge in [-0.2, -0.15) is 0 Å². The number of hydrogen-bond acceptors (Lipinski definition) is 3. The average Bonchev–Trinajstić information content (AvgIpc) is 2.92. The summed E-state index contributed by atoms with van der Waals surface area (Å²) in [6, 6.07) is 9.14. The number of carbonyl (C=O) groups excluding carboxylic acids is 2. The highest BCUT2D eigenvalue weighted by Crippen LogP contribution is 2.29. The van der Waals surface area contributed by atoms with E-state index >= 15 is 0 Å². The average molecular weight is 344 g/mol. The molecule has 5 nitrogen and oxygen atoms in total. The first kappa shape index (κ1) is 16.5. The van der Waals surface area contributed by atoms with E-state index in [9.17, 15) is 9.59 Å². The molecule has 2 heterocycles. The number of nitrogens with zero attached hydrogens (tertiary/aromatic N) is 2. The normalized spacial score (nSPS) is 17.2. The van der Waals surface area contributed by atoms with Crippen LogP contribution in [0.3, 0.4) is 0 Å². The Hall–Kier alpha value is -2.40. The summed E-state index contributed by atoms with van der Waals surface area (Å²) in [5.41, 5.74) is 2.69. The van der Waals surface area contributed by atoms with Crippen molar-refractivity contribution in [2.24, 2.45) is 5.92 Å². The summed E-state index contributed by atoms with van der Waals surface area (Å²) in [5.74, 6) is -0.168. The summed E-state index contributed by atoms with van der Waals surface area (Å²) in [4.78, 5) is 30.4. The highest BCUT2D eigenvalue weighted by Gasteiger charge is 2.35. The zero-order chi connectivity index (χ0) is 17.3. The van der Waals surface area contributed by atoms with Crippen molar-refractivity contribution in [2.45, 2.75) is 20.3 Å². The van der Waals surface area contributed by atoms with Gasteiger partial charge in [-0.3, -0.25) is 9.59 Å². The lowest BCUT2D eigenvalue weighted by Crippen LogP contribution is -2.28. The Balaban J connectivity index is 1.72. The van der Waals surface area contributed by atoms with Gasteiger partial charge < -0.3 is 10.2 Å². The zero-order valence-corrected chi connectivity index (χ0v) is 14.3. The van der Waals surface area contributed by atoms with Gasteiger partial charge in [0.05, 0.1) is 5.92 Å². The molecule has 1 unspecified atom stereocenters. The zero-order valence-electron chi connectivity index (χ0n) is 13.5. The third-order valence-corrected chi connectivity index (χ3v) is 4.54. The van der Waals surface area contributed by atoms with Crippen molar-refractivity contribution >= 4 is 34.9 Å². The lowest BCUT2D eigenvalue weighted by molar-refractivity contribution is -0.122. The van der Waals surface area contributed by atoms with Crippen LogP contribution in [0.1, 0.15) is 17.5 Å². The van der Waals surface area contributed by atoms with Crippen LogP contribution in [0.4, 0.5) is 11.5 Å². The van der Waals surface area contributed by atoms with Crippen LogP contribution in [-0.2, 0) is 9.59 Å². The molecule has 0 aliphatic carbocycles. The molecule has 24 heavy (non-hydrogen) atoms. The van der Waals surface area contributed by atoms with Crippen LogP contribution in [-0.4, -0.2) is 23.3 Å². The number of aromatic nitrogens is 1. The van der Waals surface area contributed by atoms with Crippen molar-refractivity contribution in [2.75, 3.05) is 16.8 Å². The number of anilines is 2. The number of pyridine rings is 1. The summed E-state index contributed by atoms with van der Waals surface area (Å²) >= 11 is 6.14. The topological polar surface area (TPSA) is 62.3 Å². The number of nitrogens with one attached hydrogen (secondary N) is 1. The molecule has 1 aromatic heterocycles. The van der Waals surface area contributed by atoms with Crippen molar-refractivity contribution in [3.63, 3.8) is 0 Å². The maximum Gasteiger partial charge on any atom is 0.230 e. The van der Waals surface area contributed by atoms with E-state index in [1.54, 1.807) is 23.2 Å². The van der Waals surface area contributed by atoms with Crippen molar-refractivity contribution in [1.29, 1.82) is 0 Å². The Morgan fingerprint density at radius 2 is 2.08 bits per heavy atom.